The van der Waals surface area contributed by atoms with Crippen LogP contribution in [0, 0.1) is 0 Å². The fourth-order valence-corrected chi connectivity index (χ4v) is 3.64. The minimum Gasteiger partial charge on any atom is -0.491 e. The molecule has 0 radical (unpaired) electrons. The zero-order chi connectivity index (χ0) is 28.1. The third kappa shape index (κ3) is 13.1. The standard InChI is InChI=1S/C30H44N2O7/c1-4-13-32(6-3)30(34)26-10-7-11-27(23-26)31-29(33)25-9-8-12-28(24-25)39-22-21-38-20-19-37-18-17-36-16-15-35-14-5-2/h7-12,23-24H,4-6,13-22H2,1-3H3,(H,31,33). The minimum absolute atomic E-state index is 0.0441. The summed E-state index contributed by atoms with van der Waals surface area (Å²) in [4.78, 5) is 27.4. The predicted octanol–water partition coefficient (Wildman–Crippen LogP) is 4.67. The number of carbonyl (C=O) groups is 2. The molecule has 2 rings (SSSR count). The summed E-state index contributed by atoms with van der Waals surface area (Å²) >= 11 is 0. The molecule has 0 fully saturated rings. The summed E-state index contributed by atoms with van der Waals surface area (Å²) in [5.74, 6) is 0.249. The van der Waals surface area contributed by atoms with Crippen LogP contribution >= 0.6 is 0 Å². The number of carbonyl (C=O) groups excluding carboxylic acids is 2. The van der Waals surface area contributed by atoms with Crippen molar-refractivity contribution in [1.82, 2.24) is 4.90 Å². The number of ether oxygens (including phenoxy) is 5. The first-order chi connectivity index (χ1) is 19.1. The molecule has 0 saturated heterocycles. The molecule has 2 amide bonds. The minimum atomic E-state index is -0.281. The van der Waals surface area contributed by atoms with Crippen LogP contribution in [0.25, 0.3) is 0 Å². The zero-order valence-corrected chi connectivity index (χ0v) is 23.6. The van der Waals surface area contributed by atoms with E-state index in [0.717, 1.165) is 19.4 Å². The van der Waals surface area contributed by atoms with Crippen molar-refractivity contribution in [2.45, 2.75) is 33.6 Å². The van der Waals surface area contributed by atoms with Gasteiger partial charge in [0.25, 0.3) is 11.8 Å². The Labute approximate surface area is 232 Å². The quantitative estimate of drug-likeness (QED) is 0.228. The molecular weight excluding hydrogens is 500 g/mol. The van der Waals surface area contributed by atoms with Gasteiger partial charge in [0, 0.05) is 36.5 Å². The van der Waals surface area contributed by atoms with Gasteiger partial charge in [-0.05, 0) is 56.2 Å². The molecule has 0 saturated carbocycles. The van der Waals surface area contributed by atoms with Gasteiger partial charge >= 0.3 is 0 Å². The Kier molecular flexibility index (Phi) is 16.5. The molecule has 2 aromatic rings. The highest BCUT2D eigenvalue weighted by Crippen LogP contribution is 2.17. The Balaban J connectivity index is 1.67. The van der Waals surface area contributed by atoms with E-state index in [2.05, 4.69) is 12.2 Å². The van der Waals surface area contributed by atoms with Crippen molar-refractivity contribution in [2.24, 2.45) is 0 Å². The van der Waals surface area contributed by atoms with Gasteiger partial charge in [0.15, 0.2) is 0 Å². The van der Waals surface area contributed by atoms with Gasteiger partial charge in [-0.15, -0.1) is 0 Å². The lowest BCUT2D eigenvalue weighted by atomic mass is 10.1. The van der Waals surface area contributed by atoms with E-state index in [4.69, 9.17) is 23.7 Å². The monoisotopic (exact) mass is 544 g/mol. The molecule has 39 heavy (non-hydrogen) atoms. The molecular formula is C30H44N2O7. The van der Waals surface area contributed by atoms with Crippen molar-refractivity contribution in [2.75, 3.05) is 77.9 Å². The van der Waals surface area contributed by atoms with E-state index in [1.165, 1.54) is 0 Å². The number of rotatable bonds is 21. The zero-order valence-electron chi connectivity index (χ0n) is 23.6. The fourth-order valence-electron chi connectivity index (χ4n) is 3.64. The van der Waals surface area contributed by atoms with Crippen LogP contribution in [0.4, 0.5) is 5.69 Å². The van der Waals surface area contributed by atoms with Gasteiger partial charge in [0.05, 0.1) is 46.2 Å². The van der Waals surface area contributed by atoms with Crippen LogP contribution in [0.15, 0.2) is 48.5 Å². The van der Waals surface area contributed by atoms with Crippen LogP contribution in [0.2, 0.25) is 0 Å². The first-order valence-electron chi connectivity index (χ1n) is 13.8. The van der Waals surface area contributed by atoms with E-state index in [9.17, 15) is 9.59 Å². The highest BCUT2D eigenvalue weighted by molar-refractivity contribution is 6.05. The number of nitrogens with zero attached hydrogens (tertiary/aromatic N) is 1. The average Bonchev–Trinajstić information content (AvgIpc) is 2.96. The number of hydrogen-bond acceptors (Lipinski definition) is 7. The molecule has 0 aliphatic carbocycles. The summed E-state index contributed by atoms with van der Waals surface area (Å²) in [6, 6.07) is 14.0. The van der Waals surface area contributed by atoms with Crippen molar-refractivity contribution < 1.29 is 33.3 Å². The molecule has 0 aliphatic heterocycles. The number of nitrogens with one attached hydrogen (secondary N) is 1. The van der Waals surface area contributed by atoms with Crippen molar-refractivity contribution >= 4 is 17.5 Å². The molecule has 216 valence electrons. The molecule has 0 aromatic heterocycles. The Hall–Kier alpha value is -2.98. The predicted molar refractivity (Wildman–Crippen MR) is 152 cm³/mol. The first kappa shape index (κ1) is 32.2. The number of hydrogen-bond donors (Lipinski definition) is 1. The lowest BCUT2D eigenvalue weighted by molar-refractivity contribution is -0.00450. The topological polar surface area (TPSA) is 95.6 Å². The van der Waals surface area contributed by atoms with Crippen LogP contribution in [0.3, 0.4) is 0 Å². The summed E-state index contributed by atoms with van der Waals surface area (Å²) in [7, 11) is 0. The molecule has 1 N–H and O–H groups in total. The third-order valence-corrected chi connectivity index (χ3v) is 5.59. The summed E-state index contributed by atoms with van der Waals surface area (Å²) in [5.41, 5.74) is 1.57. The summed E-state index contributed by atoms with van der Waals surface area (Å²) in [6.45, 7) is 12.1. The molecule has 9 nitrogen and oxygen atoms in total. The molecule has 0 spiro atoms. The second kappa shape index (κ2) is 20.0. The maximum Gasteiger partial charge on any atom is 0.255 e. The van der Waals surface area contributed by atoms with Gasteiger partial charge in [-0.2, -0.15) is 0 Å². The second-order valence-corrected chi connectivity index (χ2v) is 8.75. The number of amides is 2. The van der Waals surface area contributed by atoms with Crippen molar-refractivity contribution in [1.29, 1.82) is 0 Å². The lowest BCUT2D eigenvalue weighted by Gasteiger charge is -2.20. The lowest BCUT2D eigenvalue weighted by Crippen LogP contribution is -2.31. The highest BCUT2D eigenvalue weighted by atomic mass is 16.6. The normalized spacial score (nSPS) is 10.8. The Morgan fingerprint density at radius 2 is 1.28 bits per heavy atom. The highest BCUT2D eigenvalue weighted by Gasteiger charge is 2.14. The van der Waals surface area contributed by atoms with Crippen LogP contribution in [0.1, 0.15) is 54.3 Å². The van der Waals surface area contributed by atoms with Gasteiger partial charge < -0.3 is 33.9 Å². The SMILES string of the molecule is CCCOCCOCCOCCOCCOc1cccc(C(=O)Nc2cccc(C(=O)N(CC)CCC)c2)c1. The van der Waals surface area contributed by atoms with E-state index in [1.807, 2.05) is 13.8 Å². The molecule has 0 bridgehead atoms. The van der Waals surface area contributed by atoms with Gasteiger partial charge in [-0.3, -0.25) is 9.59 Å². The Bertz CT molecular complexity index is 970. The molecule has 0 heterocycles. The Morgan fingerprint density at radius 1 is 0.692 bits per heavy atom. The molecule has 0 unspecified atom stereocenters. The van der Waals surface area contributed by atoms with Gasteiger partial charge in [-0.1, -0.05) is 26.0 Å². The maximum absolute atomic E-state index is 12.8. The van der Waals surface area contributed by atoms with Crippen LogP contribution < -0.4 is 10.1 Å². The Morgan fingerprint density at radius 3 is 1.90 bits per heavy atom. The van der Waals surface area contributed by atoms with Crippen molar-refractivity contribution in [3.05, 3.63) is 59.7 Å². The summed E-state index contributed by atoms with van der Waals surface area (Å²) in [5, 5.41) is 2.87. The van der Waals surface area contributed by atoms with Gasteiger partial charge in [0.1, 0.15) is 12.4 Å². The fraction of sp³-hybridized carbons (Fsp3) is 0.533. The number of anilines is 1. The number of benzene rings is 2. The van der Waals surface area contributed by atoms with E-state index >= 15 is 0 Å². The first-order valence-corrected chi connectivity index (χ1v) is 13.8. The van der Waals surface area contributed by atoms with Crippen LogP contribution in [-0.4, -0.2) is 89.3 Å². The summed E-state index contributed by atoms with van der Waals surface area (Å²) in [6.07, 6.45) is 1.90. The largest absolute Gasteiger partial charge is 0.491 e. The smallest absolute Gasteiger partial charge is 0.255 e. The molecule has 0 atom stereocenters. The van der Waals surface area contributed by atoms with E-state index in [-0.39, 0.29) is 11.8 Å². The molecule has 2 aromatic carbocycles. The maximum atomic E-state index is 12.8. The van der Waals surface area contributed by atoms with E-state index in [0.29, 0.717) is 88.5 Å². The third-order valence-electron chi connectivity index (χ3n) is 5.59. The van der Waals surface area contributed by atoms with E-state index < -0.39 is 0 Å². The van der Waals surface area contributed by atoms with Crippen molar-refractivity contribution in [3.8, 4) is 5.75 Å². The van der Waals surface area contributed by atoms with Crippen molar-refractivity contribution in [3.63, 3.8) is 0 Å². The van der Waals surface area contributed by atoms with Gasteiger partial charge in [-0.25, -0.2) is 0 Å². The summed E-state index contributed by atoms with van der Waals surface area (Å²) < 4.78 is 27.5. The average molecular weight is 545 g/mol. The molecule has 9 heteroatoms. The van der Waals surface area contributed by atoms with Crippen LogP contribution in [0.5, 0.6) is 5.75 Å². The second-order valence-electron chi connectivity index (χ2n) is 8.75. The van der Waals surface area contributed by atoms with Crippen LogP contribution in [-0.2, 0) is 18.9 Å². The molecule has 0 aliphatic rings. The van der Waals surface area contributed by atoms with E-state index in [1.54, 1.807) is 53.4 Å². The van der Waals surface area contributed by atoms with Gasteiger partial charge in [0.2, 0.25) is 0 Å².